The second-order valence-corrected chi connectivity index (χ2v) is 5.72. The number of hydrogen-bond donors (Lipinski definition) is 2. The van der Waals surface area contributed by atoms with E-state index in [1.807, 2.05) is 20.8 Å². The first-order valence-electron chi connectivity index (χ1n) is 7.62. The Morgan fingerprint density at radius 2 is 1.81 bits per heavy atom. The summed E-state index contributed by atoms with van der Waals surface area (Å²) in [5, 5.41) is 8.76. The number of nitrogens with two attached hydrogens (primary N) is 1. The number of amides is 1. The van der Waals surface area contributed by atoms with E-state index < -0.39 is 5.91 Å². The Morgan fingerprint density at radius 3 is 2.38 bits per heavy atom. The van der Waals surface area contributed by atoms with Crippen molar-refractivity contribution in [1.29, 1.82) is 0 Å². The van der Waals surface area contributed by atoms with Gasteiger partial charge in [0.2, 0.25) is 5.91 Å². The summed E-state index contributed by atoms with van der Waals surface area (Å²) in [6, 6.07) is 0. The molecule has 0 aromatic heterocycles. The number of primary amides is 1. The highest BCUT2D eigenvalue weighted by atomic mass is 16.3. The van der Waals surface area contributed by atoms with Crippen molar-refractivity contribution in [2.75, 3.05) is 6.61 Å². The molecule has 3 N–H and O–H groups in total. The van der Waals surface area contributed by atoms with Crippen molar-refractivity contribution in [1.82, 2.24) is 0 Å². The average molecular weight is 295 g/mol. The number of rotatable bonds is 11. The van der Waals surface area contributed by atoms with Crippen LogP contribution in [0.25, 0.3) is 0 Å². The number of allylic oxidation sites excluding steroid dienone is 3. The van der Waals surface area contributed by atoms with Crippen LogP contribution >= 0.6 is 0 Å². The predicted octanol–water partition coefficient (Wildman–Crippen LogP) is 2.90. The third-order valence-electron chi connectivity index (χ3n) is 3.53. The Kier molecular flexibility index (Phi) is 10.5. The zero-order chi connectivity index (χ0) is 16.3. The maximum absolute atomic E-state index is 11.9. The first kappa shape index (κ1) is 19.6. The molecule has 1 amide bonds. The van der Waals surface area contributed by atoms with Gasteiger partial charge in [0, 0.05) is 25.0 Å². The monoisotopic (exact) mass is 295 g/mol. The van der Waals surface area contributed by atoms with Crippen molar-refractivity contribution in [3.05, 3.63) is 23.3 Å². The SMILES string of the molecule is C/C(=C\C(N)=O)CC/C=C(\C)CCC(=O)C(C)CCCO. The molecule has 0 spiro atoms. The molecule has 0 heterocycles. The number of ketones is 1. The summed E-state index contributed by atoms with van der Waals surface area (Å²) >= 11 is 0. The summed E-state index contributed by atoms with van der Waals surface area (Å²) in [6.07, 6.45) is 8.02. The van der Waals surface area contributed by atoms with Gasteiger partial charge in [-0.3, -0.25) is 9.59 Å². The van der Waals surface area contributed by atoms with Crippen molar-refractivity contribution in [3.63, 3.8) is 0 Å². The Hall–Kier alpha value is -1.42. The van der Waals surface area contributed by atoms with E-state index in [0.717, 1.165) is 31.3 Å². The van der Waals surface area contributed by atoms with Gasteiger partial charge in [-0.1, -0.05) is 24.1 Å². The third kappa shape index (κ3) is 11.0. The van der Waals surface area contributed by atoms with Crippen LogP contribution in [0.5, 0.6) is 0 Å². The van der Waals surface area contributed by atoms with E-state index >= 15 is 0 Å². The van der Waals surface area contributed by atoms with E-state index in [2.05, 4.69) is 6.08 Å². The largest absolute Gasteiger partial charge is 0.396 e. The summed E-state index contributed by atoms with van der Waals surface area (Å²) in [5.74, 6) is -0.109. The normalized spacial score (nSPS) is 14.1. The second kappa shape index (κ2) is 11.3. The van der Waals surface area contributed by atoms with E-state index in [4.69, 9.17) is 10.8 Å². The topological polar surface area (TPSA) is 80.4 Å². The van der Waals surface area contributed by atoms with Gasteiger partial charge < -0.3 is 10.8 Å². The van der Waals surface area contributed by atoms with Gasteiger partial charge in [-0.05, 0) is 46.0 Å². The van der Waals surface area contributed by atoms with Crippen LogP contribution in [-0.4, -0.2) is 23.4 Å². The van der Waals surface area contributed by atoms with Crippen LogP contribution in [0.1, 0.15) is 59.3 Å². The molecule has 0 saturated heterocycles. The fourth-order valence-corrected chi connectivity index (χ4v) is 2.09. The molecule has 0 aromatic rings. The van der Waals surface area contributed by atoms with E-state index in [0.29, 0.717) is 12.8 Å². The van der Waals surface area contributed by atoms with Crippen molar-refractivity contribution >= 4 is 11.7 Å². The molecule has 0 rings (SSSR count). The van der Waals surface area contributed by atoms with E-state index in [9.17, 15) is 9.59 Å². The van der Waals surface area contributed by atoms with Gasteiger partial charge in [0.05, 0.1) is 0 Å². The van der Waals surface area contributed by atoms with Gasteiger partial charge in [0.25, 0.3) is 0 Å². The minimum atomic E-state index is -0.407. The maximum Gasteiger partial charge on any atom is 0.241 e. The van der Waals surface area contributed by atoms with Crippen molar-refractivity contribution < 1.29 is 14.7 Å². The lowest BCUT2D eigenvalue weighted by molar-refractivity contribution is -0.122. The minimum absolute atomic E-state index is 0.0331. The average Bonchev–Trinajstić information content (AvgIpc) is 2.41. The fraction of sp³-hybridized carbons (Fsp3) is 0.647. The summed E-state index contributed by atoms with van der Waals surface area (Å²) in [7, 11) is 0. The lowest BCUT2D eigenvalue weighted by Crippen LogP contribution is -2.11. The fourth-order valence-electron chi connectivity index (χ4n) is 2.09. The molecular weight excluding hydrogens is 266 g/mol. The number of hydrogen-bond acceptors (Lipinski definition) is 3. The number of carbonyl (C=O) groups is 2. The number of Topliss-reactive ketones (excluding diaryl/α,β-unsaturated/α-hetero) is 1. The van der Waals surface area contributed by atoms with Gasteiger partial charge >= 0.3 is 0 Å². The van der Waals surface area contributed by atoms with Crippen LogP contribution in [0, 0.1) is 5.92 Å². The van der Waals surface area contributed by atoms with Gasteiger partial charge in [0.15, 0.2) is 0 Å². The molecule has 0 aliphatic carbocycles. The summed E-state index contributed by atoms with van der Waals surface area (Å²) < 4.78 is 0. The molecule has 0 radical (unpaired) electrons. The van der Waals surface area contributed by atoms with Crippen LogP contribution in [0.4, 0.5) is 0 Å². The quantitative estimate of drug-likeness (QED) is 0.454. The van der Waals surface area contributed by atoms with Crippen LogP contribution in [0.3, 0.4) is 0 Å². The smallest absolute Gasteiger partial charge is 0.241 e. The lowest BCUT2D eigenvalue weighted by Gasteiger charge is -2.09. The Balaban J connectivity index is 4.02. The molecule has 1 atom stereocenters. The summed E-state index contributed by atoms with van der Waals surface area (Å²) in [6.45, 7) is 5.99. The number of aliphatic hydroxyl groups is 1. The number of aliphatic hydroxyl groups excluding tert-OH is 1. The second-order valence-electron chi connectivity index (χ2n) is 5.72. The lowest BCUT2D eigenvalue weighted by atomic mass is 9.95. The summed E-state index contributed by atoms with van der Waals surface area (Å²) in [4.78, 5) is 22.6. The van der Waals surface area contributed by atoms with Gasteiger partial charge in [-0.2, -0.15) is 0 Å². The van der Waals surface area contributed by atoms with Gasteiger partial charge in [-0.25, -0.2) is 0 Å². The first-order valence-corrected chi connectivity index (χ1v) is 7.62. The Labute approximate surface area is 128 Å². The first-order chi connectivity index (χ1) is 9.86. The highest BCUT2D eigenvalue weighted by Gasteiger charge is 2.11. The molecule has 4 heteroatoms. The molecule has 0 aromatic carbocycles. The highest BCUT2D eigenvalue weighted by Crippen LogP contribution is 2.14. The van der Waals surface area contributed by atoms with Gasteiger partial charge in [0.1, 0.15) is 5.78 Å². The molecule has 0 saturated carbocycles. The molecule has 1 unspecified atom stereocenters. The Bertz CT molecular complexity index is 397. The molecular formula is C17H29NO3. The van der Waals surface area contributed by atoms with Crippen LogP contribution in [-0.2, 0) is 9.59 Å². The van der Waals surface area contributed by atoms with E-state index in [1.165, 1.54) is 11.6 Å². The standard InChI is InChI=1S/C17H29NO3/c1-13(6-4-7-14(2)12-17(18)21)9-10-16(20)15(3)8-5-11-19/h6,12,15,19H,4-5,7-11H2,1-3H3,(H2,18,21)/b13-6+,14-12+. The third-order valence-corrected chi connectivity index (χ3v) is 3.53. The minimum Gasteiger partial charge on any atom is -0.396 e. The Morgan fingerprint density at radius 1 is 1.14 bits per heavy atom. The van der Waals surface area contributed by atoms with Gasteiger partial charge in [-0.15, -0.1) is 0 Å². The molecule has 0 aliphatic heterocycles. The van der Waals surface area contributed by atoms with Crippen LogP contribution in [0.2, 0.25) is 0 Å². The van der Waals surface area contributed by atoms with Crippen molar-refractivity contribution in [2.24, 2.45) is 11.7 Å². The summed E-state index contributed by atoms with van der Waals surface area (Å²) in [5.41, 5.74) is 7.26. The van der Waals surface area contributed by atoms with Crippen LogP contribution < -0.4 is 5.73 Å². The molecule has 4 nitrogen and oxygen atoms in total. The van der Waals surface area contributed by atoms with E-state index in [-0.39, 0.29) is 18.3 Å². The molecule has 21 heavy (non-hydrogen) atoms. The maximum atomic E-state index is 11.9. The molecule has 120 valence electrons. The predicted molar refractivity (Wildman–Crippen MR) is 85.7 cm³/mol. The zero-order valence-corrected chi connectivity index (χ0v) is 13.5. The number of carbonyl (C=O) groups excluding carboxylic acids is 2. The van der Waals surface area contributed by atoms with E-state index in [1.54, 1.807) is 0 Å². The molecule has 0 bridgehead atoms. The molecule has 0 fully saturated rings. The van der Waals surface area contributed by atoms with Crippen LogP contribution in [0.15, 0.2) is 23.3 Å². The van der Waals surface area contributed by atoms with Crippen molar-refractivity contribution in [2.45, 2.75) is 59.3 Å². The molecule has 0 aliphatic rings. The highest BCUT2D eigenvalue weighted by molar-refractivity contribution is 5.86. The zero-order valence-electron chi connectivity index (χ0n) is 13.5. The van der Waals surface area contributed by atoms with Crippen molar-refractivity contribution in [3.8, 4) is 0 Å².